The van der Waals surface area contributed by atoms with Crippen molar-refractivity contribution >= 4 is 23.7 Å². The van der Waals surface area contributed by atoms with Crippen molar-refractivity contribution < 1.29 is 19.1 Å². The van der Waals surface area contributed by atoms with Crippen LogP contribution in [-0.4, -0.2) is 24.6 Å². The van der Waals surface area contributed by atoms with Crippen LogP contribution in [0.3, 0.4) is 0 Å². The second-order valence-electron chi connectivity index (χ2n) is 7.37. The SMILES string of the molecule is CCOc1cc(/C=N/NC(=O)C(=O)Nc2ccc(C)cc2)ccc1OCc1ccccc1C. The fraction of sp³-hybridized carbons (Fsp3) is 0.192. The predicted molar refractivity (Wildman–Crippen MR) is 129 cm³/mol. The normalized spacial score (nSPS) is 10.6. The van der Waals surface area contributed by atoms with Gasteiger partial charge in [-0.25, -0.2) is 5.43 Å². The average molecular weight is 446 g/mol. The van der Waals surface area contributed by atoms with E-state index in [0.717, 1.165) is 16.7 Å². The molecule has 0 aliphatic rings. The Kier molecular flexibility index (Phi) is 8.18. The number of aryl methyl sites for hydroxylation is 2. The Morgan fingerprint density at radius 3 is 2.39 bits per heavy atom. The van der Waals surface area contributed by atoms with Gasteiger partial charge >= 0.3 is 11.8 Å². The lowest BCUT2D eigenvalue weighted by molar-refractivity contribution is -0.136. The number of hydrogen-bond donors (Lipinski definition) is 2. The van der Waals surface area contributed by atoms with Crippen molar-refractivity contribution in [1.29, 1.82) is 0 Å². The van der Waals surface area contributed by atoms with Crippen molar-refractivity contribution in [2.75, 3.05) is 11.9 Å². The smallest absolute Gasteiger partial charge is 0.329 e. The van der Waals surface area contributed by atoms with Crippen LogP contribution < -0.4 is 20.2 Å². The molecule has 3 rings (SSSR count). The maximum Gasteiger partial charge on any atom is 0.329 e. The van der Waals surface area contributed by atoms with Crippen LogP contribution in [0, 0.1) is 13.8 Å². The zero-order chi connectivity index (χ0) is 23.6. The number of anilines is 1. The van der Waals surface area contributed by atoms with Crippen molar-refractivity contribution in [3.8, 4) is 11.5 Å². The van der Waals surface area contributed by atoms with Crippen LogP contribution in [0.5, 0.6) is 11.5 Å². The summed E-state index contributed by atoms with van der Waals surface area (Å²) in [7, 11) is 0. The van der Waals surface area contributed by atoms with E-state index in [2.05, 4.69) is 15.8 Å². The molecule has 7 heteroatoms. The van der Waals surface area contributed by atoms with Gasteiger partial charge in [0, 0.05) is 5.69 Å². The van der Waals surface area contributed by atoms with Crippen molar-refractivity contribution in [3.05, 3.63) is 89.0 Å². The molecule has 2 N–H and O–H groups in total. The summed E-state index contributed by atoms with van der Waals surface area (Å²) < 4.78 is 11.7. The zero-order valence-corrected chi connectivity index (χ0v) is 18.9. The van der Waals surface area contributed by atoms with Gasteiger partial charge in [-0.15, -0.1) is 0 Å². The van der Waals surface area contributed by atoms with E-state index in [1.807, 2.05) is 57.2 Å². The summed E-state index contributed by atoms with van der Waals surface area (Å²) in [5.74, 6) is -0.488. The largest absolute Gasteiger partial charge is 0.490 e. The zero-order valence-electron chi connectivity index (χ0n) is 18.9. The second kappa shape index (κ2) is 11.5. The molecular weight excluding hydrogens is 418 g/mol. The number of amides is 2. The highest BCUT2D eigenvalue weighted by Gasteiger charge is 2.13. The molecule has 0 saturated heterocycles. The van der Waals surface area contributed by atoms with Gasteiger partial charge in [0.15, 0.2) is 11.5 Å². The van der Waals surface area contributed by atoms with Crippen molar-refractivity contribution in [3.63, 3.8) is 0 Å². The van der Waals surface area contributed by atoms with Crippen LogP contribution in [-0.2, 0) is 16.2 Å². The quantitative estimate of drug-likeness (QED) is 0.306. The summed E-state index contributed by atoms with van der Waals surface area (Å²) >= 11 is 0. The Balaban J connectivity index is 1.59. The van der Waals surface area contributed by atoms with Crippen molar-refractivity contribution in [1.82, 2.24) is 5.43 Å². The van der Waals surface area contributed by atoms with E-state index in [1.165, 1.54) is 6.21 Å². The number of nitrogens with zero attached hydrogens (tertiary/aromatic N) is 1. The first-order valence-corrected chi connectivity index (χ1v) is 10.6. The monoisotopic (exact) mass is 445 g/mol. The molecule has 0 spiro atoms. The fourth-order valence-electron chi connectivity index (χ4n) is 2.96. The maximum atomic E-state index is 12.0. The van der Waals surface area contributed by atoms with Crippen LogP contribution in [0.15, 0.2) is 71.8 Å². The third-order valence-corrected chi connectivity index (χ3v) is 4.81. The number of carbonyl (C=O) groups excluding carboxylic acids is 2. The summed E-state index contributed by atoms with van der Waals surface area (Å²) in [4.78, 5) is 24.0. The molecule has 0 atom stereocenters. The summed E-state index contributed by atoms with van der Waals surface area (Å²) in [5, 5.41) is 6.39. The lowest BCUT2D eigenvalue weighted by Crippen LogP contribution is -2.32. The first kappa shape index (κ1) is 23.5. The molecular formula is C26H27N3O4. The molecule has 0 aliphatic carbocycles. The van der Waals surface area contributed by atoms with Crippen LogP contribution in [0.2, 0.25) is 0 Å². The molecule has 7 nitrogen and oxygen atoms in total. The summed E-state index contributed by atoms with van der Waals surface area (Å²) in [6.07, 6.45) is 1.44. The minimum Gasteiger partial charge on any atom is -0.490 e. The number of benzene rings is 3. The number of carbonyl (C=O) groups is 2. The molecule has 0 unspecified atom stereocenters. The van der Waals surface area contributed by atoms with Crippen LogP contribution in [0.1, 0.15) is 29.2 Å². The average Bonchev–Trinajstić information content (AvgIpc) is 2.81. The van der Waals surface area contributed by atoms with Gasteiger partial charge in [0.1, 0.15) is 6.61 Å². The van der Waals surface area contributed by atoms with Gasteiger partial charge in [-0.3, -0.25) is 9.59 Å². The van der Waals surface area contributed by atoms with Gasteiger partial charge < -0.3 is 14.8 Å². The van der Waals surface area contributed by atoms with E-state index >= 15 is 0 Å². The molecule has 0 aliphatic heterocycles. The Labute approximate surface area is 193 Å². The third-order valence-electron chi connectivity index (χ3n) is 4.81. The Morgan fingerprint density at radius 2 is 1.67 bits per heavy atom. The van der Waals surface area contributed by atoms with E-state index in [1.54, 1.807) is 30.3 Å². The van der Waals surface area contributed by atoms with Crippen LogP contribution >= 0.6 is 0 Å². The van der Waals surface area contributed by atoms with Crippen LogP contribution in [0.4, 0.5) is 5.69 Å². The highest BCUT2D eigenvalue weighted by Crippen LogP contribution is 2.29. The first-order valence-electron chi connectivity index (χ1n) is 10.6. The topological polar surface area (TPSA) is 89.0 Å². The van der Waals surface area contributed by atoms with E-state index in [4.69, 9.17) is 9.47 Å². The maximum absolute atomic E-state index is 12.0. The van der Waals surface area contributed by atoms with E-state index < -0.39 is 11.8 Å². The van der Waals surface area contributed by atoms with Gasteiger partial charge in [0.25, 0.3) is 0 Å². The molecule has 0 saturated carbocycles. The number of hydrogen-bond acceptors (Lipinski definition) is 5. The second-order valence-corrected chi connectivity index (χ2v) is 7.37. The predicted octanol–water partition coefficient (Wildman–Crippen LogP) is 4.37. The van der Waals surface area contributed by atoms with E-state index in [-0.39, 0.29) is 0 Å². The summed E-state index contributed by atoms with van der Waals surface area (Å²) in [6.45, 7) is 6.76. The van der Waals surface area contributed by atoms with Crippen LogP contribution in [0.25, 0.3) is 0 Å². The van der Waals surface area contributed by atoms with E-state index in [0.29, 0.717) is 36.0 Å². The van der Waals surface area contributed by atoms with Gasteiger partial charge in [-0.2, -0.15) is 5.10 Å². The highest BCUT2D eigenvalue weighted by molar-refractivity contribution is 6.39. The van der Waals surface area contributed by atoms with Gasteiger partial charge in [-0.05, 0) is 67.8 Å². The molecule has 0 radical (unpaired) electrons. The van der Waals surface area contributed by atoms with E-state index in [9.17, 15) is 9.59 Å². The molecule has 2 amide bonds. The lowest BCUT2D eigenvalue weighted by atomic mass is 10.1. The minimum atomic E-state index is -0.866. The lowest BCUT2D eigenvalue weighted by Gasteiger charge is -2.13. The highest BCUT2D eigenvalue weighted by atomic mass is 16.5. The van der Waals surface area contributed by atoms with Gasteiger partial charge in [0.2, 0.25) is 0 Å². The summed E-state index contributed by atoms with van der Waals surface area (Å²) in [6, 6.07) is 20.5. The number of rotatable bonds is 8. The third kappa shape index (κ3) is 6.93. The minimum absolute atomic E-state index is 0.423. The Bertz CT molecular complexity index is 1140. The number of hydrazone groups is 1. The molecule has 3 aromatic carbocycles. The molecule has 170 valence electrons. The van der Waals surface area contributed by atoms with Gasteiger partial charge in [0.05, 0.1) is 12.8 Å². The molecule has 33 heavy (non-hydrogen) atoms. The van der Waals surface area contributed by atoms with Gasteiger partial charge in [-0.1, -0.05) is 42.0 Å². The molecule has 3 aromatic rings. The van der Waals surface area contributed by atoms with Crippen molar-refractivity contribution in [2.24, 2.45) is 5.10 Å². The molecule has 0 heterocycles. The Morgan fingerprint density at radius 1 is 0.909 bits per heavy atom. The molecule has 0 bridgehead atoms. The number of nitrogens with one attached hydrogen (secondary N) is 2. The summed E-state index contributed by atoms with van der Waals surface area (Å²) in [5.41, 5.74) is 6.75. The van der Waals surface area contributed by atoms with Crippen molar-refractivity contribution in [2.45, 2.75) is 27.4 Å². The fourth-order valence-corrected chi connectivity index (χ4v) is 2.96. The number of ether oxygens (including phenoxy) is 2. The molecule has 0 fully saturated rings. The Hall–Kier alpha value is -4.13. The first-order chi connectivity index (χ1) is 16.0. The molecule has 0 aromatic heterocycles. The standard InChI is InChI=1S/C26H27N3O4/c1-4-32-24-15-20(11-14-23(24)33-17-21-8-6-5-7-19(21)3)16-27-29-26(31)25(30)28-22-12-9-18(2)10-13-22/h5-16H,4,17H2,1-3H3,(H,28,30)(H,29,31)/b27-16+.